The highest BCUT2D eigenvalue weighted by Gasteiger charge is 2.26. The summed E-state index contributed by atoms with van der Waals surface area (Å²) >= 11 is 0. The van der Waals surface area contributed by atoms with Gasteiger partial charge in [-0.15, -0.1) is 0 Å². The molecule has 134 valence electrons. The molecule has 1 saturated heterocycles. The van der Waals surface area contributed by atoms with Gasteiger partial charge in [0.25, 0.3) is 0 Å². The summed E-state index contributed by atoms with van der Waals surface area (Å²) in [6.45, 7) is 3.21. The van der Waals surface area contributed by atoms with Gasteiger partial charge in [0.2, 0.25) is 16.0 Å². The molecule has 0 aliphatic carbocycles. The van der Waals surface area contributed by atoms with Gasteiger partial charge < -0.3 is 9.64 Å². The van der Waals surface area contributed by atoms with Crippen molar-refractivity contribution >= 4 is 16.0 Å². The van der Waals surface area contributed by atoms with E-state index in [-0.39, 0.29) is 6.04 Å². The molecular formula is C17H22N4O3S. The zero-order chi connectivity index (χ0) is 17.9. The lowest BCUT2D eigenvalue weighted by Gasteiger charge is -2.32. The van der Waals surface area contributed by atoms with Crippen LogP contribution in [0.25, 0.3) is 0 Å². The van der Waals surface area contributed by atoms with E-state index < -0.39 is 10.0 Å². The van der Waals surface area contributed by atoms with E-state index in [1.165, 1.54) is 0 Å². The van der Waals surface area contributed by atoms with E-state index in [0.29, 0.717) is 35.0 Å². The van der Waals surface area contributed by atoms with Crippen molar-refractivity contribution in [3.8, 4) is 5.75 Å². The number of ether oxygens (including phenoxy) is 1. The highest BCUT2D eigenvalue weighted by molar-refractivity contribution is 7.89. The Bertz CT molecular complexity index is 819. The molecule has 0 atom stereocenters. The monoisotopic (exact) mass is 362 g/mol. The van der Waals surface area contributed by atoms with Crippen LogP contribution in [-0.2, 0) is 10.0 Å². The van der Waals surface area contributed by atoms with Crippen LogP contribution < -0.4 is 14.4 Å². The van der Waals surface area contributed by atoms with Gasteiger partial charge in [-0.05, 0) is 49.6 Å². The first-order valence-corrected chi connectivity index (χ1v) is 9.67. The topological polar surface area (TPSA) is 84.4 Å². The first-order chi connectivity index (χ1) is 12.0. The van der Waals surface area contributed by atoms with Crippen molar-refractivity contribution in [3.05, 3.63) is 42.2 Å². The van der Waals surface area contributed by atoms with Gasteiger partial charge in [-0.25, -0.2) is 23.1 Å². The third-order valence-corrected chi connectivity index (χ3v) is 6.00. The maximum atomic E-state index is 12.7. The Hall–Kier alpha value is -2.19. The van der Waals surface area contributed by atoms with E-state index in [9.17, 15) is 8.42 Å². The summed E-state index contributed by atoms with van der Waals surface area (Å²) in [5.74, 6) is 1.34. The van der Waals surface area contributed by atoms with E-state index in [1.807, 2.05) is 0 Å². The number of aryl methyl sites for hydroxylation is 1. The standard InChI is InChI=1S/C17H22N4O3S/c1-13-12-15(24-2)4-5-16(13)25(22,23)20-14-6-10-21(11-7-14)17-18-8-3-9-19-17/h3-5,8-9,12,14,20H,6-7,10-11H2,1-2H3. The highest BCUT2D eigenvalue weighted by atomic mass is 32.2. The van der Waals surface area contributed by atoms with Crippen LogP contribution in [0.1, 0.15) is 18.4 Å². The summed E-state index contributed by atoms with van der Waals surface area (Å²) in [6, 6.07) is 6.66. The molecule has 25 heavy (non-hydrogen) atoms. The second-order valence-electron chi connectivity index (χ2n) is 6.06. The molecule has 1 fully saturated rings. The second-order valence-corrected chi connectivity index (χ2v) is 7.75. The number of piperidine rings is 1. The molecular weight excluding hydrogens is 340 g/mol. The number of anilines is 1. The van der Waals surface area contributed by atoms with Crippen molar-refractivity contribution in [2.24, 2.45) is 0 Å². The number of hydrogen-bond acceptors (Lipinski definition) is 6. The maximum Gasteiger partial charge on any atom is 0.241 e. The van der Waals surface area contributed by atoms with Gasteiger partial charge in [-0.3, -0.25) is 0 Å². The zero-order valence-electron chi connectivity index (χ0n) is 14.3. The molecule has 1 aliphatic heterocycles. The zero-order valence-corrected chi connectivity index (χ0v) is 15.2. The normalized spacial score (nSPS) is 16.0. The van der Waals surface area contributed by atoms with Crippen LogP contribution in [0.3, 0.4) is 0 Å². The molecule has 3 rings (SSSR count). The molecule has 0 radical (unpaired) electrons. The van der Waals surface area contributed by atoms with Crippen molar-refractivity contribution in [3.63, 3.8) is 0 Å². The molecule has 0 unspecified atom stereocenters. The van der Waals surface area contributed by atoms with Crippen LogP contribution in [0.4, 0.5) is 5.95 Å². The smallest absolute Gasteiger partial charge is 0.241 e. The summed E-state index contributed by atoms with van der Waals surface area (Å²) in [5, 5.41) is 0. The Labute approximate surface area is 148 Å². The first-order valence-electron chi connectivity index (χ1n) is 8.18. The SMILES string of the molecule is COc1ccc(S(=O)(=O)NC2CCN(c3ncccn3)CC2)c(C)c1. The van der Waals surface area contributed by atoms with Gasteiger partial charge >= 0.3 is 0 Å². The number of aromatic nitrogens is 2. The van der Waals surface area contributed by atoms with E-state index >= 15 is 0 Å². The summed E-state index contributed by atoms with van der Waals surface area (Å²) < 4.78 is 33.3. The molecule has 1 aliphatic rings. The minimum atomic E-state index is -3.55. The Morgan fingerprint density at radius 2 is 1.88 bits per heavy atom. The van der Waals surface area contributed by atoms with Gasteiger partial charge in [-0.1, -0.05) is 0 Å². The Balaban J connectivity index is 1.65. The van der Waals surface area contributed by atoms with Crippen LogP contribution in [0.2, 0.25) is 0 Å². The number of sulfonamides is 1. The predicted molar refractivity (Wildman–Crippen MR) is 95.3 cm³/mol. The lowest BCUT2D eigenvalue weighted by atomic mass is 10.1. The quantitative estimate of drug-likeness (QED) is 0.872. The molecule has 0 amide bonds. The lowest BCUT2D eigenvalue weighted by molar-refractivity contribution is 0.414. The minimum absolute atomic E-state index is 0.0912. The van der Waals surface area contributed by atoms with Crippen LogP contribution in [-0.4, -0.2) is 44.6 Å². The third kappa shape index (κ3) is 4.08. The number of nitrogens with one attached hydrogen (secondary N) is 1. The molecule has 2 aromatic rings. The summed E-state index contributed by atoms with van der Waals surface area (Å²) in [7, 11) is -1.99. The second kappa shape index (κ2) is 7.37. The largest absolute Gasteiger partial charge is 0.497 e. The fourth-order valence-corrected chi connectivity index (χ4v) is 4.52. The van der Waals surface area contributed by atoms with Crippen molar-refractivity contribution in [1.29, 1.82) is 0 Å². The van der Waals surface area contributed by atoms with Crippen LogP contribution in [0.5, 0.6) is 5.75 Å². The molecule has 1 aromatic carbocycles. The highest BCUT2D eigenvalue weighted by Crippen LogP contribution is 2.23. The number of nitrogens with zero attached hydrogens (tertiary/aromatic N) is 3. The average Bonchev–Trinajstić information content (AvgIpc) is 2.62. The van der Waals surface area contributed by atoms with E-state index in [1.54, 1.807) is 50.7 Å². The molecule has 0 bridgehead atoms. The van der Waals surface area contributed by atoms with Crippen molar-refractivity contribution in [1.82, 2.24) is 14.7 Å². The summed E-state index contributed by atoms with van der Waals surface area (Å²) in [6.07, 6.45) is 4.85. The van der Waals surface area contributed by atoms with E-state index in [2.05, 4.69) is 19.6 Å². The number of benzene rings is 1. The van der Waals surface area contributed by atoms with E-state index in [0.717, 1.165) is 13.1 Å². The molecule has 0 saturated carbocycles. The van der Waals surface area contributed by atoms with Gasteiger partial charge in [0.05, 0.1) is 12.0 Å². The summed E-state index contributed by atoms with van der Waals surface area (Å²) in [5.41, 5.74) is 0.668. The van der Waals surface area contributed by atoms with Gasteiger partial charge in [0.1, 0.15) is 5.75 Å². The number of hydrogen-bond donors (Lipinski definition) is 1. The molecule has 2 heterocycles. The lowest BCUT2D eigenvalue weighted by Crippen LogP contribution is -2.45. The molecule has 1 N–H and O–H groups in total. The number of rotatable bonds is 5. The van der Waals surface area contributed by atoms with Crippen LogP contribution in [0.15, 0.2) is 41.6 Å². The Kier molecular flexibility index (Phi) is 5.19. The molecule has 1 aromatic heterocycles. The van der Waals surface area contributed by atoms with Crippen LogP contribution >= 0.6 is 0 Å². The van der Waals surface area contributed by atoms with Gasteiger partial charge in [0, 0.05) is 31.5 Å². The third-order valence-electron chi connectivity index (χ3n) is 4.32. The fraction of sp³-hybridized carbons (Fsp3) is 0.412. The molecule has 7 nitrogen and oxygen atoms in total. The summed E-state index contributed by atoms with van der Waals surface area (Å²) in [4.78, 5) is 10.9. The van der Waals surface area contributed by atoms with Crippen molar-refractivity contribution in [2.75, 3.05) is 25.1 Å². The van der Waals surface area contributed by atoms with Gasteiger partial charge in [-0.2, -0.15) is 0 Å². The maximum absolute atomic E-state index is 12.7. The Morgan fingerprint density at radius 1 is 1.20 bits per heavy atom. The van der Waals surface area contributed by atoms with Crippen LogP contribution in [0, 0.1) is 6.92 Å². The van der Waals surface area contributed by atoms with Crippen molar-refractivity contribution in [2.45, 2.75) is 30.7 Å². The Morgan fingerprint density at radius 3 is 2.48 bits per heavy atom. The van der Waals surface area contributed by atoms with Crippen molar-refractivity contribution < 1.29 is 13.2 Å². The molecule has 8 heteroatoms. The first kappa shape index (κ1) is 17.6. The minimum Gasteiger partial charge on any atom is -0.497 e. The van der Waals surface area contributed by atoms with Gasteiger partial charge in [0.15, 0.2) is 0 Å². The van der Waals surface area contributed by atoms with E-state index in [4.69, 9.17) is 4.74 Å². The average molecular weight is 362 g/mol. The number of methoxy groups -OCH3 is 1. The fourth-order valence-electron chi connectivity index (χ4n) is 2.99. The predicted octanol–water partition coefficient (Wildman–Crippen LogP) is 1.74. The molecule has 0 spiro atoms.